The average Bonchev–Trinajstić information content (AvgIpc) is 2.63. The summed E-state index contributed by atoms with van der Waals surface area (Å²) in [6.07, 6.45) is 3.84. The summed E-state index contributed by atoms with van der Waals surface area (Å²) in [5.41, 5.74) is 2.29. The summed E-state index contributed by atoms with van der Waals surface area (Å²) in [6.45, 7) is 3.60. The summed E-state index contributed by atoms with van der Waals surface area (Å²) in [5, 5.41) is 13.9. The first-order valence-corrected chi connectivity index (χ1v) is 8.11. The van der Waals surface area contributed by atoms with Gasteiger partial charge in [0, 0.05) is 18.2 Å². The fraction of sp³-hybridized carbons (Fsp3) is 0.100. The van der Waals surface area contributed by atoms with Crippen molar-refractivity contribution in [2.24, 2.45) is 0 Å². The van der Waals surface area contributed by atoms with E-state index in [1.54, 1.807) is 25.1 Å². The molecule has 3 aromatic rings. The maximum absolute atomic E-state index is 12.5. The molecule has 1 heterocycles. The number of aryl methyl sites for hydroxylation is 2. The van der Waals surface area contributed by atoms with Crippen molar-refractivity contribution < 1.29 is 14.1 Å². The number of anilines is 1. The largest absolute Gasteiger partial charge is 0.463 e. The second-order valence-corrected chi connectivity index (χ2v) is 6.10. The number of nitro benzene ring substituents is 1. The zero-order valence-electron chi connectivity index (χ0n) is 14.7. The van der Waals surface area contributed by atoms with Gasteiger partial charge in [-0.15, -0.1) is 0 Å². The normalized spacial score (nSPS) is 11.0. The van der Waals surface area contributed by atoms with Crippen molar-refractivity contribution in [2.45, 2.75) is 13.8 Å². The predicted octanol–water partition coefficient (Wildman–Crippen LogP) is 3.97. The number of hydrogen-bond donors (Lipinski definition) is 1. The number of hydrogen-bond acceptors (Lipinski definition) is 5. The number of fused-ring (bicyclic) bond motifs is 1. The number of carbonyl (C=O) groups is 1. The van der Waals surface area contributed by atoms with Gasteiger partial charge < -0.3 is 9.73 Å². The number of rotatable bonds is 4. The summed E-state index contributed by atoms with van der Waals surface area (Å²) in [6, 6.07) is 9.49. The molecule has 0 aliphatic rings. The lowest BCUT2D eigenvalue weighted by Gasteiger charge is -2.06. The Hall–Kier alpha value is -3.74. The Morgan fingerprint density at radius 2 is 1.96 bits per heavy atom. The van der Waals surface area contributed by atoms with Crippen LogP contribution < -0.4 is 10.7 Å². The Kier molecular flexibility index (Phi) is 4.85. The molecule has 3 rings (SSSR count). The van der Waals surface area contributed by atoms with Gasteiger partial charge in [-0.1, -0.05) is 17.7 Å². The minimum absolute atomic E-state index is 0.120. The van der Waals surface area contributed by atoms with Gasteiger partial charge in [-0.2, -0.15) is 0 Å². The van der Waals surface area contributed by atoms with Crippen LogP contribution >= 0.6 is 0 Å². The van der Waals surface area contributed by atoms with Gasteiger partial charge in [0.25, 0.3) is 5.69 Å². The van der Waals surface area contributed by atoms with Crippen LogP contribution in [0.1, 0.15) is 16.7 Å². The number of nitrogens with zero attached hydrogens (tertiary/aromatic N) is 1. The molecule has 0 bridgehead atoms. The first-order chi connectivity index (χ1) is 12.8. The molecule has 1 amide bonds. The Balaban J connectivity index is 1.84. The number of nitrogens with one attached hydrogen (secondary N) is 1. The van der Waals surface area contributed by atoms with E-state index in [1.165, 1.54) is 30.5 Å². The molecule has 136 valence electrons. The van der Waals surface area contributed by atoms with Crippen LogP contribution in [-0.4, -0.2) is 10.8 Å². The number of non-ortho nitro benzene ring substituents is 1. The molecule has 0 saturated heterocycles. The maximum atomic E-state index is 12.5. The van der Waals surface area contributed by atoms with E-state index < -0.39 is 10.8 Å². The summed E-state index contributed by atoms with van der Waals surface area (Å²) < 4.78 is 5.43. The molecule has 1 aromatic heterocycles. The van der Waals surface area contributed by atoms with E-state index >= 15 is 0 Å². The first-order valence-electron chi connectivity index (χ1n) is 8.11. The van der Waals surface area contributed by atoms with E-state index in [-0.39, 0.29) is 16.7 Å². The van der Waals surface area contributed by atoms with Crippen LogP contribution in [0, 0.1) is 24.0 Å². The maximum Gasteiger partial charge on any atom is 0.271 e. The first kappa shape index (κ1) is 18.1. The van der Waals surface area contributed by atoms with Crippen LogP contribution in [0.4, 0.5) is 11.4 Å². The summed E-state index contributed by atoms with van der Waals surface area (Å²) in [7, 11) is 0. The third kappa shape index (κ3) is 3.92. The van der Waals surface area contributed by atoms with E-state index in [9.17, 15) is 19.7 Å². The van der Waals surface area contributed by atoms with Crippen molar-refractivity contribution in [3.63, 3.8) is 0 Å². The fourth-order valence-corrected chi connectivity index (χ4v) is 2.57. The SMILES string of the molecule is Cc1ccc2occ(/C=C/C(=O)Nc3cc([N+](=O)[O-])ccc3C)c(=O)c2c1. The molecule has 0 fully saturated rings. The van der Waals surface area contributed by atoms with Crippen molar-refractivity contribution >= 4 is 34.3 Å². The summed E-state index contributed by atoms with van der Waals surface area (Å²) in [5.74, 6) is -0.512. The van der Waals surface area contributed by atoms with Crippen LogP contribution in [0.5, 0.6) is 0 Å². The van der Waals surface area contributed by atoms with Crippen LogP contribution in [0.25, 0.3) is 17.0 Å². The van der Waals surface area contributed by atoms with E-state index in [0.717, 1.165) is 5.56 Å². The van der Waals surface area contributed by atoms with Crippen LogP contribution in [0.3, 0.4) is 0 Å². The van der Waals surface area contributed by atoms with Gasteiger partial charge >= 0.3 is 0 Å². The number of carbonyl (C=O) groups excluding carboxylic acids is 1. The molecule has 0 aliphatic carbocycles. The molecule has 0 atom stereocenters. The molecule has 0 unspecified atom stereocenters. The minimum Gasteiger partial charge on any atom is -0.463 e. The van der Waals surface area contributed by atoms with Crippen LogP contribution in [-0.2, 0) is 4.79 Å². The molecule has 1 N–H and O–H groups in total. The highest BCUT2D eigenvalue weighted by Gasteiger charge is 2.10. The monoisotopic (exact) mass is 364 g/mol. The Bertz CT molecular complexity index is 1140. The van der Waals surface area contributed by atoms with Crippen molar-refractivity contribution in [3.05, 3.63) is 85.8 Å². The summed E-state index contributed by atoms with van der Waals surface area (Å²) in [4.78, 5) is 35.0. The molecular formula is C20H16N2O5. The molecule has 27 heavy (non-hydrogen) atoms. The smallest absolute Gasteiger partial charge is 0.271 e. The van der Waals surface area contributed by atoms with Gasteiger partial charge in [-0.05, 0) is 37.6 Å². The Morgan fingerprint density at radius 3 is 2.70 bits per heavy atom. The van der Waals surface area contributed by atoms with Crippen molar-refractivity contribution in [3.8, 4) is 0 Å². The zero-order valence-corrected chi connectivity index (χ0v) is 14.7. The lowest BCUT2D eigenvalue weighted by atomic mass is 10.1. The van der Waals surface area contributed by atoms with E-state index in [2.05, 4.69) is 5.32 Å². The molecule has 0 spiro atoms. The topological polar surface area (TPSA) is 102 Å². The highest BCUT2D eigenvalue weighted by Crippen LogP contribution is 2.22. The predicted molar refractivity (Wildman–Crippen MR) is 103 cm³/mol. The molecule has 7 nitrogen and oxygen atoms in total. The zero-order chi connectivity index (χ0) is 19.6. The van der Waals surface area contributed by atoms with E-state index in [1.807, 2.05) is 13.0 Å². The third-order valence-electron chi connectivity index (χ3n) is 4.06. The minimum atomic E-state index is -0.535. The number of benzene rings is 2. The lowest BCUT2D eigenvalue weighted by molar-refractivity contribution is -0.384. The highest BCUT2D eigenvalue weighted by atomic mass is 16.6. The molecule has 0 aliphatic heterocycles. The van der Waals surface area contributed by atoms with Crippen LogP contribution in [0.2, 0.25) is 0 Å². The number of amides is 1. The quantitative estimate of drug-likeness (QED) is 0.429. The fourth-order valence-electron chi connectivity index (χ4n) is 2.57. The van der Waals surface area contributed by atoms with Gasteiger partial charge in [-0.3, -0.25) is 19.7 Å². The Labute approximate surface area is 154 Å². The van der Waals surface area contributed by atoms with Crippen molar-refractivity contribution in [1.29, 1.82) is 0 Å². The molecule has 0 radical (unpaired) electrons. The molecule has 7 heteroatoms. The van der Waals surface area contributed by atoms with E-state index in [0.29, 0.717) is 22.2 Å². The lowest BCUT2D eigenvalue weighted by Crippen LogP contribution is -2.10. The van der Waals surface area contributed by atoms with Crippen molar-refractivity contribution in [2.75, 3.05) is 5.32 Å². The third-order valence-corrected chi connectivity index (χ3v) is 4.06. The second kappa shape index (κ2) is 7.25. The Morgan fingerprint density at radius 1 is 1.19 bits per heavy atom. The molecular weight excluding hydrogens is 348 g/mol. The average molecular weight is 364 g/mol. The molecule has 2 aromatic carbocycles. The van der Waals surface area contributed by atoms with Gasteiger partial charge in [0.05, 0.1) is 21.6 Å². The summed E-state index contributed by atoms with van der Waals surface area (Å²) >= 11 is 0. The van der Waals surface area contributed by atoms with E-state index in [4.69, 9.17) is 4.42 Å². The van der Waals surface area contributed by atoms with Crippen LogP contribution in [0.15, 0.2) is 57.9 Å². The standard InChI is InChI=1S/C20H16N2O5/c1-12-3-7-18-16(9-12)20(24)14(11-27-18)5-8-19(23)21-17-10-15(22(25)26)6-4-13(17)2/h3-11H,1-2H3,(H,21,23)/b8-5+. The number of nitro groups is 1. The van der Waals surface area contributed by atoms with Gasteiger partial charge in [0.15, 0.2) is 5.43 Å². The van der Waals surface area contributed by atoms with Crippen molar-refractivity contribution in [1.82, 2.24) is 0 Å². The highest BCUT2D eigenvalue weighted by molar-refractivity contribution is 6.02. The molecule has 0 saturated carbocycles. The van der Waals surface area contributed by atoms with Gasteiger partial charge in [0.1, 0.15) is 11.8 Å². The second-order valence-electron chi connectivity index (χ2n) is 6.10. The van der Waals surface area contributed by atoms with Gasteiger partial charge in [0.2, 0.25) is 5.91 Å². The van der Waals surface area contributed by atoms with Gasteiger partial charge in [-0.25, -0.2) is 0 Å².